The molecule has 0 saturated carbocycles. The van der Waals surface area contributed by atoms with Gasteiger partial charge in [0.2, 0.25) is 5.91 Å². The minimum absolute atomic E-state index is 0.0231. The lowest BCUT2D eigenvalue weighted by atomic mass is 9.87. The zero-order valence-corrected chi connectivity index (χ0v) is 16.8. The molecule has 0 aliphatic rings. The molecule has 5 nitrogen and oxygen atoms in total. The molecule has 144 valence electrons. The largest absolute Gasteiger partial charge is 0.484 e. The lowest BCUT2D eigenvalue weighted by Crippen LogP contribution is -2.27. The summed E-state index contributed by atoms with van der Waals surface area (Å²) in [5.74, 6) is 0.224. The summed E-state index contributed by atoms with van der Waals surface area (Å²) in [4.78, 5) is 25.8. The van der Waals surface area contributed by atoms with Crippen molar-refractivity contribution in [2.45, 2.75) is 19.8 Å². The summed E-state index contributed by atoms with van der Waals surface area (Å²) < 4.78 is 5.44. The highest BCUT2D eigenvalue weighted by Crippen LogP contribution is 2.27. The molecule has 0 heterocycles. The predicted octanol–water partition coefficient (Wildman–Crippen LogP) is 4.19. The normalized spacial score (nSPS) is 11.8. The van der Waals surface area contributed by atoms with Crippen molar-refractivity contribution in [2.75, 3.05) is 26.0 Å². The van der Waals surface area contributed by atoms with Gasteiger partial charge in [0.25, 0.3) is 5.91 Å². The fraction of sp³-hybridized carbons (Fsp3) is 0.333. The first-order valence-electron chi connectivity index (χ1n) is 8.77. The Morgan fingerprint density at radius 3 is 2.15 bits per heavy atom. The highest BCUT2D eigenvalue weighted by atomic mass is 35.5. The summed E-state index contributed by atoms with van der Waals surface area (Å²) in [5.41, 5.74) is 1.60. The molecule has 0 fully saturated rings. The summed E-state index contributed by atoms with van der Waals surface area (Å²) in [7, 11) is 3.35. The van der Waals surface area contributed by atoms with Crippen molar-refractivity contribution in [1.82, 2.24) is 4.90 Å². The van der Waals surface area contributed by atoms with Gasteiger partial charge in [0.15, 0.2) is 6.61 Å². The van der Waals surface area contributed by atoms with Crippen molar-refractivity contribution in [1.29, 1.82) is 0 Å². The van der Waals surface area contributed by atoms with Crippen molar-refractivity contribution < 1.29 is 14.3 Å². The number of halogens is 1. The average molecular weight is 389 g/mol. The Bertz CT molecular complexity index is 771. The number of hydrogen-bond donors (Lipinski definition) is 1. The van der Waals surface area contributed by atoms with Gasteiger partial charge in [-0.1, -0.05) is 37.6 Å². The highest BCUT2D eigenvalue weighted by molar-refractivity contribution is 6.30. The van der Waals surface area contributed by atoms with Crippen molar-refractivity contribution >= 4 is 29.1 Å². The molecule has 1 atom stereocenters. The third-order valence-electron chi connectivity index (χ3n) is 4.16. The van der Waals surface area contributed by atoms with Crippen LogP contribution in [-0.2, 0) is 9.59 Å². The number of hydrogen-bond acceptors (Lipinski definition) is 3. The molecule has 0 saturated heterocycles. The van der Waals surface area contributed by atoms with Gasteiger partial charge in [0, 0.05) is 24.8 Å². The van der Waals surface area contributed by atoms with Gasteiger partial charge in [0.1, 0.15) is 5.75 Å². The van der Waals surface area contributed by atoms with E-state index in [0.29, 0.717) is 16.5 Å². The molecule has 0 radical (unpaired) electrons. The summed E-state index contributed by atoms with van der Waals surface area (Å²) in [5, 5.41) is 3.59. The van der Waals surface area contributed by atoms with Crippen molar-refractivity contribution in [3.8, 4) is 5.75 Å². The molecule has 2 aromatic rings. The number of rotatable bonds is 7. The second-order valence-corrected chi connectivity index (χ2v) is 7.30. The Balaban J connectivity index is 2.03. The van der Waals surface area contributed by atoms with E-state index in [1.54, 1.807) is 50.5 Å². The van der Waals surface area contributed by atoms with Crippen LogP contribution in [0.1, 0.15) is 25.3 Å². The Hall–Kier alpha value is -2.53. The van der Waals surface area contributed by atoms with E-state index >= 15 is 0 Å². The van der Waals surface area contributed by atoms with Gasteiger partial charge >= 0.3 is 0 Å². The minimum Gasteiger partial charge on any atom is -0.484 e. The van der Waals surface area contributed by atoms with Crippen LogP contribution in [0.2, 0.25) is 5.02 Å². The van der Waals surface area contributed by atoms with Crippen LogP contribution in [-0.4, -0.2) is 37.4 Å². The molecule has 2 rings (SSSR count). The van der Waals surface area contributed by atoms with Gasteiger partial charge in [0.05, 0.1) is 5.92 Å². The Morgan fingerprint density at radius 1 is 1.04 bits per heavy atom. The van der Waals surface area contributed by atoms with Crippen LogP contribution in [0.3, 0.4) is 0 Å². The van der Waals surface area contributed by atoms with Crippen molar-refractivity contribution in [3.05, 3.63) is 59.1 Å². The van der Waals surface area contributed by atoms with Gasteiger partial charge in [-0.15, -0.1) is 0 Å². The molecule has 0 aromatic heterocycles. The molecule has 2 amide bonds. The standard InChI is InChI=1S/C21H25ClN2O3/c1-14(2)20(15-5-7-16(22)8-6-15)21(26)23-17-9-11-18(12-10-17)27-13-19(25)24(3)4/h5-12,14,20H,13H2,1-4H3,(H,23,26)/t20-/m1/s1. The molecule has 0 spiro atoms. The number of carbonyl (C=O) groups is 2. The molecule has 1 N–H and O–H groups in total. The van der Waals surface area contributed by atoms with Gasteiger partial charge in [-0.05, 0) is 47.9 Å². The second kappa shape index (κ2) is 9.42. The lowest BCUT2D eigenvalue weighted by molar-refractivity contribution is -0.130. The van der Waals surface area contributed by atoms with E-state index in [0.717, 1.165) is 5.56 Å². The topological polar surface area (TPSA) is 58.6 Å². The van der Waals surface area contributed by atoms with Crippen molar-refractivity contribution in [2.24, 2.45) is 5.92 Å². The van der Waals surface area contributed by atoms with Gasteiger partial charge < -0.3 is 15.0 Å². The number of anilines is 1. The van der Waals surface area contributed by atoms with Crippen LogP contribution >= 0.6 is 11.6 Å². The van der Waals surface area contributed by atoms with Crippen LogP contribution in [0.25, 0.3) is 0 Å². The number of likely N-dealkylation sites (N-methyl/N-ethyl adjacent to an activating group) is 1. The number of benzene rings is 2. The monoisotopic (exact) mass is 388 g/mol. The van der Waals surface area contributed by atoms with E-state index < -0.39 is 0 Å². The summed E-state index contributed by atoms with van der Waals surface area (Å²) >= 11 is 5.95. The van der Waals surface area contributed by atoms with Crippen LogP contribution in [0.5, 0.6) is 5.75 Å². The van der Waals surface area contributed by atoms with E-state index in [1.807, 2.05) is 26.0 Å². The molecule has 6 heteroatoms. The fourth-order valence-corrected chi connectivity index (χ4v) is 2.76. The maximum atomic E-state index is 12.8. The summed E-state index contributed by atoms with van der Waals surface area (Å²) in [6, 6.07) is 14.3. The summed E-state index contributed by atoms with van der Waals surface area (Å²) in [6.45, 7) is 4.00. The summed E-state index contributed by atoms with van der Waals surface area (Å²) in [6.07, 6.45) is 0. The maximum absolute atomic E-state index is 12.8. The predicted molar refractivity (Wildman–Crippen MR) is 108 cm³/mol. The lowest BCUT2D eigenvalue weighted by Gasteiger charge is -2.21. The van der Waals surface area contributed by atoms with Crippen molar-refractivity contribution in [3.63, 3.8) is 0 Å². The van der Waals surface area contributed by atoms with Crippen LogP contribution in [0.15, 0.2) is 48.5 Å². The quantitative estimate of drug-likeness (QED) is 0.773. The maximum Gasteiger partial charge on any atom is 0.259 e. The first-order valence-corrected chi connectivity index (χ1v) is 9.15. The first-order chi connectivity index (χ1) is 12.8. The van der Waals surface area contributed by atoms with Crippen LogP contribution < -0.4 is 10.1 Å². The van der Waals surface area contributed by atoms with Gasteiger partial charge in [-0.25, -0.2) is 0 Å². The third kappa shape index (κ3) is 6.00. The Labute approximate surface area is 165 Å². The zero-order chi connectivity index (χ0) is 20.0. The molecule has 0 bridgehead atoms. The van der Waals surface area contributed by atoms with E-state index in [1.165, 1.54) is 4.90 Å². The first kappa shape index (κ1) is 20.8. The number of nitrogens with one attached hydrogen (secondary N) is 1. The zero-order valence-electron chi connectivity index (χ0n) is 16.0. The number of nitrogens with zero attached hydrogens (tertiary/aromatic N) is 1. The van der Waals surface area contributed by atoms with Crippen LogP contribution in [0, 0.1) is 5.92 Å². The molecule has 0 unspecified atom stereocenters. The SMILES string of the molecule is CC(C)[C@@H](C(=O)Nc1ccc(OCC(=O)N(C)C)cc1)c1ccc(Cl)cc1. The third-order valence-corrected chi connectivity index (χ3v) is 4.41. The fourth-order valence-electron chi connectivity index (χ4n) is 2.64. The minimum atomic E-state index is -0.282. The van der Waals surface area contributed by atoms with E-state index in [-0.39, 0.29) is 30.3 Å². The molecule has 0 aliphatic heterocycles. The average Bonchev–Trinajstić information content (AvgIpc) is 2.62. The van der Waals surface area contributed by atoms with E-state index in [4.69, 9.17) is 16.3 Å². The number of carbonyl (C=O) groups excluding carboxylic acids is 2. The number of ether oxygens (including phenoxy) is 1. The van der Waals surface area contributed by atoms with E-state index in [9.17, 15) is 9.59 Å². The van der Waals surface area contributed by atoms with Gasteiger partial charge in [-0.2, -0.15) is 0 Å². The van der Waals surface area contributed by atoms with E-state index in [2.05, 4.69) is 5.32 Å². The number of amides is 2. The molecular weight excluding hydrogens is 364 g/mol. The van der Waals surface area contributed by atoms with Crippen LogP contribution in [0.4, 0.5) is 5.69 Å². The molecular formula is C21H25ClN2O3. The highest BCUT2D eigenvalue weighted by Gasteiger charge is 2.24. The Morgan fingerprint density at radius 2 is 1.63 bits per heavy atom. The molecule has 27 heavy (non-hydrogen) atoms. The smallest absolute Gasteiger partial charge is 0.259 e. The molecule has 0 aliphatic carbocycles. The van der Waals surface area contributed by atoms with Gasteiger partial charge in [-0.3, -0.25) is 9.59 Å². The molecule has 2 aromatic carbocycles. The Kier molecular flexibility index (Phi) is 7.25. The second-order valence-electron chi connectivity index (χ2n) is 6.86.